The highest BCUT2D eigenvalue weighted by molar-refractivity contribution is 7.08. The Morgan fingerprint density at radius 3 is 2.76 bits per heavy atom. The lowest BCUT2D eigenvalue weighted by Gasteiger charge is -2.26. The molecule has 0 spiro atoms. The van der Waals surface area contributed by atoms with Gasteiger partial charge in [-0.05, 0) is 34.9 Å². The summed E-state index contributed by atoms with van der Waals surface area (Å²) in [5, 5.41) is 13.3. The number of hydrogen-bond acceptors (Lipinski definition) is 6. The summed E-state index contributed by atoms with van der Waals surface area (Å²) in [5.41, 5.74) is 8.08. The number of hydrogen-bond donors (Lipinski definition) is 1. The van der Waals surface area contributed by atoms with Crippen LogP contribution < -0.4 is 5.73 Å². The van der Waals surface area contributed by atoms with Gasteiger partial charge in [0.1, 0.15) is 24.0 Å². The first-order valence-corrected chi connectivity index (χ1v) is 8.57. The molecular weight excluding hydrogens is 336 g/mol. The maximum absolute atomic E-state index is 12.7. The van der Waals surface area contributed by atoms with Crippen molar-refractivity contribution in [2.45, 2.75) is 19.4 Å². The molecule has 0 aliphatic carbocycles. The summed E-state index contributed by atoms with van der Waals surface area (Å²) in [6.45, 7) is 1.80. The first-order chi connectivity index (χ1) is 12.1. The topological polar surface area (TPSA) is 85.3 Å². The van der Waals surface area contributed by atoms with Gasteiger partial charge < -0.3 is 15.2 Å². The average molecular weight is 352 g/mol. The average Bonchev–Trinajstić information content (AvgIpc) is 3.14. The third-order valence-electron chi connectivity index (χ3n) is 3.91. The standard InChI is InChI=1S/C19H16N2O3S/c1-12-16(19(22)23-10-13-5-3-2-4-6-13)17(14-7-8-25-11-14)15(9-20)18(21)24-12/h2-8,11,17H,10,21H2,1H3/t17-/m1/s1. The Morgan fingerprint density at radius 1 is 1.36 bits per heavy atom. The van der Waals surface area contributed by atoms with E-state index in [1.54, 1.807) is 6.92 Å². The predicted octanol–water partition coefficient (Wildman–Crippen LogP) is 3.57. The van der Waals surface area contributed by atoms with Crippen molar-refractivity contribution in [1.82, 2.24) is 0 Å². The molecule has 0 saturated carbocycles. The molecule has 1 aromatic heterocycles. The number of nitrogens with two attached hydrogens (primary N) is 1. The molecule has 0 saturated heterocycles. The van der Waals surface area contributed by atoms with Crippen molar-refractivity contribution in [2.75, 3.05) is 0 Å². The molecule has 0 bridgehead atoms. The van der Waals surface area contributed by atoms with Crippen molar-refractivity contribution in [3.63, 3.8) is 0 Å². The molecule has 2 heterocycles. The molecule has 126 valence electrons. The van der Waals surface area contributed by atoms with Crippen molar-refractivity contribution in [3.05, 3.63) is 81.1 Å². The molecule has 1 atom stereocenters. The molecule has 0 amide bonds. The fourth-order valence-corrected chi connectivity index (χ4v) is 3.41. The van der Waals surface area contributed by atoms with Crippen molar-refractivity contribution < 1.29 is 14.3 Å². The minimum Gasteiger partial charge on any atom is -0.457 e. The largest absolute Gasteiger partial charge is 0.457 e. The van der Waals surface area contributed by atoms with Crippen LogP contribution in [0.5, 0.6) is 0 Å². The zero-order chi connectivity index (χ0) is 17.8. The van der Waals surface area contributed by atoms with E-state index in [2.05, 4.69) is 6.07 Å². The van der Waals surface area contributed by atoms with Crippen LogP contribution in [0.1, 0.15) is 24.0 Å². The van der Waals surface area contributed by atoms with Crippen LogP contribution in [0.2, 0.25) is 0 Å². The summed E-state index contributed by atoms with van der Waals surface area (Å²) in [6.07, 6.45) is 0. The van der Waals surface area contributed by atoms with Crippen LogP contribution in [0.15, 0.2) is 69.9 Å². The third-order valence-corrected chi connectivity index (χ3v) is 4.62. The number of esters is 1. The van der Waals surface area contributed by atoms with Gasteiger partial charge in [-0.2, -0.15) is 16.6 Å². The molecule has 6 heteroatoms. The van der Waals surface area contributed by atoms with Crippen molar-refractivity contribution in [3.8, 4) is 6.07 Å². The van der Waals surface area contributed by atoms with E-state index in [1.165, 1.54) is 11.3 Å². The predicted molar refractivity (Wildman–Crippen MR) is 93.9 cm³/mol. The lowest BCUT2D eigenvalue weighted by atomic mass is 9.84. The van der Waals surface area contributed by atoms with Crippen LogP contribution in [-0.4, -0.2) is 5.97 Å². The number of thiophene rings is 1. The Balaban J connectivity index is 1.90. The number of nitrogens with zero attached hydrogens (tertiary/aromatic N) is 1. The Bertz CT molecular complexity index is 877. The highest BCUT2D eigenvalue weighted by Crippen LogP contribution is 2.40. The fraction of sp³-hybridized carbons (Fsp3) is 0.158. The highest BCUT2D eigenvalue weighted by Gasteiger charge is 2.36. The third kappa shape index (κ3) is 3.42. The lowest BCUT2D eigenvalue weighted by molar-refractivity contribution is -0.140. The van der Waals surface area contributed by atoms with E-state index >= 15 is 0 Å². The molecule has 3 rings (SSSR count). The van der Waals surface area contributed by atoms with E-state index in [0.717, 1.165) is 11.1 Å². The number of rotatable bonds is 4. The minimum absolute atomic E-state index is 0.0239. The number of carbonyl (C=O) groups excluding carboxylic acids is 1. The summed E-state index contributed by atoms with van der Waals surface area (Å²) in [7, 11) is 0. The van der Waals surface area contributed by atoms with E-state index in [-0.39, 0.29) is 18.1 Å². The number of carbonyl (C=O) groups is 1. The Morgan fingerprint density at radius 2 is 2.12 bits per heavy atom. The monoisotopic (exact) mass is 352 g/mol. The molecular formula is C19H16N2O3S. The van der Waals surface area contributed by atoms with Gasteiger partial charge in [-0.1, -0.05) is 30.3 Å². The zero-order valence-corrected chi connectivity index (χ0v) is 14.4. The van der Waals surface area contributed by atoms with Crippen LogP contribution in [0.4, 0.5) is 0 Å². The van der Waals surface area contributed by atoms with Crippen molar-refractivity contribution in [1.29, 1.82) is 5.26 Å². The first kappa shape index (κ1) is 16.8. The number of benzene rings is 1. The second kappa shape index (κ2) is 7.24. The summed E-state index contributed by atoms with van der Waals surface area (Å²) in [5.74, 6) is -0.715. The van der Waals surface area contributed by atoms with Gasteiger partial charge in [0.2, 0.25) is 5.88 Å². The molecule has 1 aliphatic rings. The summed E-state index contributed by atoms with van der Waals surface area (Å²) in [4.78, 5) is 12.7. The van der Waals surface area contributed by atoms with Crippen molar-refractivity contribution >= 4 is 17.3 Å². The summed E-state index contributed by atoms with van der Waals surface area (Å²) < 4.78 is 10.9. The molecule has 1 aromatic carbocycles. The molecule has 2 aromatic rings. The van der Waals surface area contributed by atoms with Crippen LogP contribution in [0.25, 0.3) is 0 Å². The Kier molecular flexibility index (Phi) is 4.87. The number of allylic oxidation sites excluding steroid dienone is 2. The van der Waals surface area contributed by atoms with Gasteiger partial charge in [0.15, 0.2) is 0 Å². The molecule has 0 radical (unpaired) electrons. The number of nitriles is 1. The van der Waals surface area contributed by atoms with Gasteiger partial charge in [0.05, 0.1) is 11.5 Å². The quantitative estimate of drug-likeness (QED) is 0.850. The van der Waals surface area contributed by atoms with Crippen LogP contribution in [0, 0.1) is 11.3 Å². The first-order valence-electron chi connectivity index (χ1n) is 7.63. The maximum Gasteiger partial charge on any atom is 0.338 e. The van der Waals surface area contributed by atoms with Crippen LogP contribution in [0.3, 0.4) is 0 Å². The van der Waals surface area contributed by atoms with Gasteiger partial charge in [0, 0.05) is 0 Å². The van der Waals surface area contributed by atoms with E-state index in [0.29, 0.717) is 11.3 Å². The number of ether oxygens (including phenoxy) is 2. The van der Waals surface area contributed by atoms with E-state index in [9.17, 15) is 10.1 Å². The lowest BCUT2D eigenvalue weighted by Crippen LogP contribution is -2.25. The smallest absolute Gasteiger partial charge is 0.338 e. The molecule has 25 heavy (non-hydrogen) atoms. The molecule has 1 aliphatic heterocycles. The highest BCUT2D eigenvalue weighted by atomic mass is 32.1. The summed E-state index contributed by atoms with van der Waals surface area (Å²) >= 11 is 1.48. The molecule has 2 N–H and O–H groups in total. The normalized spacial score (nSPS) is 17.0. The van der Waals surface area contributed by atoms with Crippen molar-refractivity contribution in [2.24, 2.45) is 5.73 Å². The van der Waals surface area contributed by atoms with Crippen LogP contribution in [-0.2, 0) is 20.9 Å². The Hall–Kier alpha value is -3.04. The van der Waals surface area contributed by atoms with Gasteiger partial charge in [0.25, 0.3) is 0 Å². The molecule has 0 fully saturated rings. The van der Waals surface area contributed by atoms with Gasteiger partial charge >= 0.3 is 5.97 Å². The Labute approximate surface area is 149 Å². The summed E-state index contributed by atoms with van der Waals surface area (Å²) in [6, 6.07) is 13.3. The molecule has 5 nitrogen and oxygen atoms in total. The SMILES string of the molecule is CC1=C(C(=O)OCc2ccccc2)[C@H](c2ccsc2)C(C#N)=C(N)O1. The maximum atomic E-state index is 12.7. The van der Waals surface area contributed by atoms with E-state index in [4.69, 9.17) is 15.2 Å². The van der Waals surface area contributed by atoms with Gasteiger partial charge in [-0.15, -0.1) is 0 Å². The van der Waals surface area contributed by atoms with Crippen LogP contribution >= 0.6 is 11.3 Å². The van der Waals surface area contributed by atoms with E-state index < -0.39 is 11.9 Å². The zero-order valence-electron chi connectivity index (χ0n) is 13.6. The van der Waals surface area contributed by atoms with Gasteiger partial charge in [-0.3, -0.25) is 0 Å². The second-order valence-electron chi connectivity index (χ2n) is 5.51. The van der Waals surface area contributed by atoms with Gasteiger partial charge in [-0.25, -0.2) is 4.79 Å². The van der Waals surface area contributed by atoms with E-state index in [1.807, 2.05) is 47.2 Å². The minimum atomic E-state index is -0.576. The fourth-order valence-electron chi connectivity index (χ4n) is 2.72. The second-order valence-corrected chi connectivity index (χ2v) is 6.29. The molecule has 0 unspecified atom stereocenters.